The average molecular weight is 313 g/mol. The number of carboxylic acids is 1. The summed E-state index contributed by atoms with van der Waals surface area (Å²) in [6, 6.07) is 0. The van der Waals surface area contributed by atoms with Gasteiger partial charge < -0.3 is 5.11 Å². The van der Waals surface area contributed by atoms with E-state index in [0.29, 0.717) is 29.1 Å². The maximum Gasteiger partial charge on any atom is 0.330 e. The third-order valence-corrected chi connectivity index (χ3v) is 4.67. The zero-order valence-electron chi connectivity index (χ0n) is 11.3. The zero-order chi connectivity index (χ0) is 14.9. The summed E-state index contributed by atoms with van der Waals surface area (Å²) in [6.07, 6.45) is 1.38. The van der Waals surface area contributed by atoms with Crippen molar-refractivity contribution in [1.82, 2.24) is 9.13 Å². The van der Waals surface area contributed by atoms with Gasteiger partial charge in [0.1, 0.15) is 10.5 Å². The molecular formula is C12H15N3O3S2. The molecule has 1 aliphatic heterocycles. The Morgan fingerprint density at radius 1 is 1.45 bits per heavy atom. The molecule has 0 amide bonds. The minimum atomic E-state index is -0.787. The number of aliphatic carboxylic acids is 1. The van der Waals surface area contributed by atoms with Crippen LogP contribution < -0.4 is 5.69 Å². The van der Waals surface area contributed by atoms with E-state index in [-0.39, 0.29) is 12.1 Å². The van der Waals surface area contributed by atoms with Gasteiger partial charge in [0.2, 0.25) is 0 Å². The molecule has 2 heterocycles. The summed E-state index contributed by atoms with van der Waals surface area (Å²) in [5, 5.41) is 9.47. The second kappa shape index (κ2) is 5.92. The highest BCUT2D eigenvalue weighted by atomic mass is 32.2. The largest absolute Gasteiger partial charge is 0.481 e. The fourth-order valence-electron chi connectivity index (χ4n) is 2.01. The Balaban J connectivity index is 2.14. The lowest BCUT2D eigenvalue weighted by Crippen LogP contribution is -2.28. The highest BCUT2D eigenvalue weighted by Gasteiger charge is 2.21. The number of carboxylic acid groups (broad SMARTS) is 1. The molecule has 0 atom stereocenters. The second-order valence-corrected chi connectivity index (χ2v) is 6.09. The topological polar surface area (TPSA) is 76.6 Å². The van der Waals surface area contributed by atoms with Crippen molar-refractivity contribution >= 4 is 40.8 Å². The number of aromatic nitrogens is 2. The molecule has 0 fully saturated rings. The first-order valence-electron chi connectivity index (χ1n) is 6.13. The van der Waals surface area contributed by atoms with Crippen LogP contribution in [-0.2, 0) is 25.3 Å². The Hall–Kier alpha value is -1.41. The summed E-state index contributed by atoms with van der Waals surface area (Å²) in [5.74, 6) is 0.537. The monoisotopic (exact) mass is 313 g/mol. The summed E-state index contributed by atoms with van der Waals surface area (Å²) >= 11 is 6.81. The van der Waals surface area contributed by atoms with Crippen LogP contribution in [0.4, 0.5) is 5.82 Å². The van der Waals surface area contributed by atoms with Gasteiger partial charge in [-0.15, -0.1) is 11.8 Å². The van der Waals surface area contributed by atoms with Crippen LogP contribution in [0.25, 0.3) is 0 Å². The molecule has 0 aliphatic carbocycles. The summed E-state index contributed by atoms with van der Waals surface area (Å²) < 4.78 is 3.46. The number of hydrogen-bond donors (Lipinski definition) is 1. The van der Waals surface area contributed by atoms with Gasteiger partial charge in [0.15, 0.2) is 0 Å². The normalized spacial score (nSPS) is 13.2. The van der Waals surface area contributed by atoms with Crippen LogP contribution in [0.2, 0.25) is 0 Å². The molecule has 0 aromatic carbocycles. The van der Waals surface area contributed by atoms with Gasteiger partial charge in [0.05, 0.1) is 5.04 Å². The van der Waals surface area contributed by atoms with Crippen LogP contribution in [-0.4, -0.2) is 31.0 Å². The quantitative estimate of drug-likeness (QED) is 0.675. The van der Waals surface area contributed by atoms with E-state index in [2.05, 4.69) is 4.99 Å². The van der Waals surface area contributed by atoms with Gasteiger partial charge in [0, 0.05) is 32.5 Å². The van der Waals surface area contributed by atoms with Crippen LogP contribution in [0.15, 0.2) is 9.79 Å². The van der Waals surface area contributed by atoms with Crippen molar-refractivity contribution in [3.05, 3.63) is 20.7 Å². The third kappa shape index (κ3) is 2.85. The lowest BCUT2D eigenvalue weighted by atomic mass is 10.2. The van der Waals surface area contributed by atoms with Gasteiger partial charge in [-0.3, -0.25) is 13.9 Å². The Labute approximate surface area is 125 Å². The molecule has 2 rings (SSSR count). The minimum Gasteiger partial charge on any atom is -0.481 e. The molecule has 1 aliphatic rings. The molecule has 0 radical (unpaired) electrons. The molecule has 0 saturated heterocycles. The summed E-state index contributed by atoms with van der Waals surface area (Å²) in [6.45, 7) is 0. The summed E-state index contributed by atoms with van der Waals surface area (Å²) in [5.41, 5.74) is 0.708. The van der Waals surface area contributed by atoms with E-state index in [1.807, 2.05) is 0 Å². The number of aliphatic imine (C=N–C) groups is 1. The van der Waals surface area contributed by atoms with Gasteiger partial charge in [0.25, 0.3) is 0 Å². The smallest absolute Gasteiger partial charge is 0.330 e. The maximum atomic E-state index is 11.9. The average Bonchev–Trinajstić information content (AvgIpc) is 2.83. The first-order valence-corrected chi connectivity index (χ1v) is 7.52. The number of thioether (sulfide) groups is 1. The molecule has 0 saturated carbocycles. The van der Waals surface area contributed by atoms with E-state index < -0.39 is 5.97 Å². The molecule has 108 valence electrons. The van der Waals surface area contributed by atoms with Crippen molar-refractivity contribution in [2.24, 2.45) is 19.1 Å². The highest BCUT2D eigenvalue weighted by molar-refractivity contribution is 8.14. The molecule has 6 nitrogen and oxygen atoms in total. The summed E-state index contributed by atoms with van der Waals surface area (Å²) in [7, 11) is 3.33. The SMILES string of the molecule is Cn1c2c(c(=S)n(C)c1=O)CC(SCCCC(=O)O)=N2. The zero-order valence-corrected chi connectivity index (χ0v) is 12.9. The molecular weight excluding hydrogens is 298 g/mol. The predicted octanol–water partition coefficient (Wildman–Crippen LogP) is 1.64. The van der Waals surface area contributed by atoms with E-state index in [0.717, 1.165) is 10.6 Å². The first kappa shape index (κ1) is 15.0. The molecule has 0 unspecified atom stereocenters. The number of rotatable bonds is 4. The number of nitrogens with zero attached hydrogens (tertiary/aromatic N) is 3. The van der Waals surface area contributed by atoms with Crippen molar-refractivity contribution in [3.8, 4) is 0 Å². The molecule has 0 spiro atoms. The van der Waals surface area contributed by atoms with Crippen LogP contribution in [0.1, 0.15) is 18.4 Å². The van der Waals surface area contributed by atoms with E-state index in [1.165, 1.54) is 20.9 Å². The van der Waals surface area contributed by atoms with Gasteiger partial charge in [-0.1, -0.05) is 12.2 Å². The molecule has 8 heteroatoms. The Kier molecular flexibility index (Phi) is 4.44. The molecule has 1 N–H and O–H groups in total. The van der Waals surface area contributed by atoms with Crippen LogP contribution in [0.5, 0.6) is 0 Å². The molecule has 1 aromatic rings. The Morgan fingerprint density at radius 3 is 2.80 bits per heavy atom. The van der Waals surface area contributed by atoms with Gasteiger partial charge in [-0.05, 0) is 12.2 Å². The lowest BCUT2D eigenvalue weighted by Gasteiger charge is -2.07. The second-order valence-electron chi connectivity index (χ2n) is 4.54. The van der Waals surface area contributed by atoms with Crippen molar-refractivity contribution in [2.45, 2.75) is 19.3 Å². The fourth-order valence-corrected chi connectivity index (χ4v) is 3.17. The Morgan fingerprint density at radius 2 is 2.15 bits per heavy atom. The minimum absolute atomic E-state index is 0.160. The van der Waals surface area contributed by atoms with Gasteiger partial charge in [-0.25, -0.2) is 9.79 Å². The third-order valence-electron chi connectivity index (χ3n) is 3.09. The number of fused-ring (bicyclic) bond motifs is 1. The number of hydrogen-bond acceptors (Lipinski definition) is 5. The van der Waals surface area contributed by atoms with Crippen LogP contribution in [0.3, 0.4) is 0 Å². The van der Waals surface area contributed by atoms with Gasteiger partial charge in [-0.2, -0.15) is 0 Å². The Bertz CT molecular complexity index is 703. The highest BCUT2D eigenvalue weighted by Crippen LogP contribution is 2.29. The maximum absolute atomic E-state index is 11.9. The fraction of sp³-hybridized carbons (Fsp3) is 0.500. The predicted molar refractivity (Wildman–Crippen MR) is 81.6 cm³/mol. The van der Waals surface area contributed by atoms with Crippen molar-refractivity contribution in [1.29, 1.82) is 0 Å². The van der Waals surface area contributed by atoms with Crippen LogP contribution >= 0.6 is 24.0 Å². The molecule has 0 bridgehead atoms. The summed E-state index contributed by atoms with van der Waals surface area (Å²) in [4.78, 5) is 26.8. The van der Waals surface area contributed by atoms with Crippen molar-refractivity contribution in [2.75, 3.05) is 5.75 Å². The van der Waals surface area contributed by atoms with E-state index in [4.69, 9.17) is 17.3 Å². The van der Waals surface area contributed by atoms with Crippen LogP contribution in [0, 0.1) is 4.64 Å². The van der Waals surface area contributed by atoms with Crippen molar-refractivity contribution < 1.29 is 9.90 Å². The molecule has 20 heavy (non-hydrogen) atoms. The van der Waals surface area contributed by atoms with Gasteiger partial charge >= 0.3 is 11.7 Å². The van der Waals surface area contributed by atoms with Crippen molar-refractivity contribution in [3.63, 3.8) is 0 Å². The first-order chi connectivity index (χ1) is 9.41. The van der Waals surface area contributed by atoms with E-state index >= 15 is 0 Å². The number of carbonyl (C=O) groups is 1. The standard InChI is InChI=1S/C12H15N3O3S2/c1-14-10-7(11(19)15(2)12(14)18)6-8(13-10)20-5-3-4-9(16)17/h3-6H2,1-2H3,(H,16,17). The van der Waals surface area contributed by atoms with E-state index in [1.54, 1.807) is 14.1 Å². The van der Waals surface area contributed by atoms with E-state index in [9.17, 15) is 9.59 Å². The lowest BCUT2D eigenvalue weighted by molar-refractivity contribution is -0.137. The molecule has 1 aromatic heterocycles.